The largest absolute Gasteiger partial charge is 0.396 e. The summed E-state index contributed by atoms with van der Waals surface area (Å²) < 4.78 is 0. The van der Waals surface area contributed by atoms with Crippen molar-refractivity contribution >= 4 is 22.5 Å². The van der Waals surface area contributed by atoms with Crippen molar-refractivity contribution in [2.24, 2.45) is 0 Å². The minimum atomic E-state index is -0.213. The third kappa shape index (κ3) is 4.80. The van der Waals surface area contributed by atoms with E-state index in [0.29, 0.717) is 24.6 Å². The predicted molar refractivity (Wildman–Crippen MR) is 82.2 cm³/mol. The molecule has 2 rings (SSSR count). The van der Waals surface area contributed by atoms with Gasteiger partial charge in [0, 0.05) is 37.5 Å². The van der Waals surface area contributed by atoms with Gasteiger partial charge in [-0.1, -0.05) is 0 Å². The number of aromatic nitrogens is 2. The number of amides is 2. The van der Waals surface area contributed by atoms with E-state index in [1.54, 1.807) is 17.3 Å². The summed E-state index contributed by atoms with van der Waals surface area (Å²) in [5.41, 5.74) is 1.87. The molecule has 2 heterocycles. The van der Waals surface area contributed by atoms with Crippen molar-refractivity contribution in [1.29, 1.82) is 0 Å². The number of urea groups is 1. The van der Waals surface area contributed by atoms with Gasteiger partial charge < -0.3 is 10.0 Å². The van der Waals surface area contributed by atoms with Gasteiger partial charge in [-0.05, 0) is 31.0 Å². The summed E-state index contributed by atoms with van der Waals surface area (Å²) in [6.07, 6.45) is 3.93. The van der Waals surface area contributed by atoms with E-state index in [0.717, 1.165) is 11.3 Å². The maximum atomic E-state index is 12.3. The van der Waals surface area contributed by atoms with Crippen molar-refractivity contribution in [3.05, 3.63) is 41.2 Å². The van der Waals surface area contributed by atoms with E-state index in [1.165, 1.54) is 11.3 Å². The second-order valence-corrected chi connectivity index (χ2v) is 5.44. The molecule has 0 saturated heterocycles. The number of nitrogens with one attached hydrogen (secondary N) is 1. The molecule has 0 aliphatic carbocycles. The molecular weight excluding hydrogens is 288 g/mol. The second kappa shape index (κ2) is 7.70. The van der Waals surface area contributed by atoms with Crippen LogP contribution in [0.15, 0.2) is 29.9 Å². The molecule has 0 saturated carbocycles. The number of anilines is 1. The maximum Gasteiger partial charge on any atom is 0.323 e. The van der Waals surface area contributed by atoms with E-state index in [1.807, 2.05) is 24.4 Å². The molecule has 0 aliphatic rings. The normalized spacial score (nSPS) is 10.4. The molecule has 0 aromatic carbocycles. The molecule has 7 heteroatoms. The van der Waals surface area contributed by atoms with Crippen molar-refractivity contribution in [3.63, 3.8) is 0 Å². The van der Waals surface area contributed by atoms with Crippen LogP contribution in [0, 0.1) is 6.92 Å². The molecule has 2 aromatic rings. The first-order valence-electron chi connectivity index (χ1n) is 6.67. The van der Waals surface area contributed by atoms with E-state index < -0.39 is 0 Å². The fraction of sp³-hybridized carbons (Fsp3) is 0.357. The molecule has 0 aliphatic heterocycles. The standard InChI is InChI=1S/C14H18N4O2S/c1-11-10-21-13(16-11)17-14(20)18(7-2-8-19)9-12-3-5-15-6-4-12/h3-6,10,19H,2,7-9H2,1H3,(H,16,17,20). The number of hydrogen-bond donors (Lipinski definition) is 2. The van der Waals surface area contributed by atoms with Gasteiger partial charge in [-0.25, -0.2) is 9.78 Å². The highest BCUT2D eigenvalue weighted by molar-refractivity contribution is 7.13. The summed E-state index contributed by atoms with van der Waals surface area (Å²) >= 11 is 1.40. The molecule has 6 nitrogen and oxygen atoms in total. The molecule has 0 bridgehead atoms. The average Bonchev–Trinajstić information content (AvgIpc) is 2.89. The minimum absolute atomic E-state index is 0.0521. The number of nitrogens with zero attached hydrogens (tertiary/aromatic N) is 3. The van der Waals surface area contributed by atoms with Crippen LogP contribution in [0.1, 0.15) is 17.7 Å². The summed E-state index contributed by atoms with van der Waals surface area (Å²) in [7, 11) is 0. The molecule has 2 aromatic heterocycles. The van der Waals surface area contributed by atoms with Crippen LogP contribution < -0.4 is 5.32 Å². The summed E-state index contributed by atoms with van der Waals surface area (Å²) in [6.45, 7) is 2.89. The van der Waals surface area contributed by atoms with Crippen LogP contribution >= 0.6 is 11.3 Å². The first-order valence-corrected chi connectivity index (χ1v) is 7.55. The zero-order valence-electron chi connectivity index (χ0n) is 11.8. The van der Waals surface area contributed by atoms with E-state index in [4.69, 9.17) is 5.11 Å². The SMILES string of the molecule is Cc1csc(NC(=O)N(CCCO)Cc2ccncc2)n1. The third-order valence-corrected chi connectivity index (χ3v) is 3.70. The van der Waals surface area contributed by atoms with Gasteiger partial charge in [-0.3, -0.25) is 10.3 Å². The highest BCUT2D eigenvalue weighted by atomic mass is 32.1. The van der Waals surface area contributed by atoms with Crippen LogP contribution in [0.3, 0.4) is 0 Å². The van der Waals surface area contributed by atoms with Crippen LogP contribution in [0.2, 0.25) is 0 Å². The Bertz CT molecular complexity index is 573. The molecule has 2 amide bonds. The first kappa shape index (κ1) is 15.4. The zero-order chi connectivity index (χ0) is 15.1. The van der Waals surface area contributed by atoms with E-state index >= 15 is 0 Å². The number of carbonyl (C=O) groups excluding carboxylic acids is 1. The zero-order valence-corrected chi connectivity index (χ0v) is 12.6. The lowest BCUT2D eigenvalue weighted by Crippen LogP contribution is -2.35. The quantitative estimate of drug-likeness (QED) is 0.858. The lowest BCUT2D eigenvalue weighted by atomic mass is 10.2. The highest BCUT2D eigenvalue weighted by Crippen LogP contribution is 2.15. The van der Waals surface area contributed by atoms with Gasteiger partial charge >= 0.3 is 6.03 Å². The van der Waals surface area contributed by atoms with Crippen molar-refractivity contribution in [2.45, 2.75) is 19.9 Å². The van der Waals surface area contributed by atoms with Crippen LogP contribution in [0.5, 0.6) is 0 Å². The number of hydrogen-bond acceptors (Lipinski definition) is 5. The third-order valence-electron chi connectivity index (χ3n) is 2.83. The fourth-order valence-electron chi connectivity index (χ4n) is 1.80. The Morgan fingerprint density at radius 2 is 2.19 bits per heavy atom. The maximum absolute atomic E-state index is 12.3. The minimum Gasteiger partial charge on any atom is -0.396 e. The second-order valence-electron chi connectivity index (χ2n) is 4.58. The highest BCUT2D eigenvalue weighted by Gasteiger charge is 2.15. The number of carbonyl (C=O) groups is 1. The lowest BCUT2D eigenvalue weighted by molar-refractivity contribution is 0.199. The molecule has 2 N–H and O–H groups in total. The average molecular weight is 306 g/mol. The van der Waals surface area contributed by atoms with Crippen LogP contribution in [0.25, 0.3) is 0 Å². The molecule has 0 radical (unpaired) electrons. The molecule has 0 atom stereocenters. The van der Waals surface area contributed by atoms with E-state index in [2.05, 4.69) is 15.3 Å². The Labute approximate surface area is 127 Å². The first-order chi connectivity index (χ1) is 10.2. The summed E-state index contributed by atoms with van der Waals surface area (Å²) in [5.74, 6) is 0. The van der Waals surface area contributed by atoms with Crippen molar-refractivity contribution in [3.8, 4) is 0 Å². The topological polar surface area (TPSA) is 78.4 Å². The van der Waals surface area contributed by atoms with Gasteiger partial charge in [-0.2, -0.15) is 0 Å². The molecule has 0 fully saturated rings. The molecular formula is C14H18N4O2S. The van der Waals surface area contributed by atoms with Crippen molar-refractivity contribution < 1.29 is 9.90 Å². The monoisotopic (exact) mass is 306 g/mol. The van der Waals surface area contributed by atoms with Gasteiger partial charge in [0.05, 0.1) is 5.69 Å². The fourth-order valence-corrected chi connectivity index (χ4v) is 2.48. The smallest absolute Gasteiger partial charge is 0.323 e. The number of thiazole rings is 1. The molecule has 0 spiro atoms. The Morgan fingerprint density at radius 3 is 2.81 bits per heavy atom. The summed E-state index contributed by atoms with van der Waals surface area (Å²) in [5, 5.41) is 14.2. The van der Waals surface area contributed by atoms with Crippen LogP contribution in [-0.4, -0.2) is 39.2 Å². The van der Waals surface area contributed by atoms with Crippen LogP contribution in [-0.2, 0) is 6.54 Å². The molecule has 21 heavy (non-hydrogen) atoms. The van der Waals surface area contributed by atoms with Crippen LogP contribution in [0.4, 0.5) is 9.93 Å². The van der Waals surface area contributed by atoms with E-state index in [-0.39, 0.29) is 12.6 Å². The van der Waals surface area contributed by atoms with Gasteiger partial charge in [-0.15, -0.1) is 11.3 Å². The Balaban J connectivity index is 2.02. The Hall–Kier alpha value is -1.99. The number of aryl methyl sites for hydroxylation is 1. The number of aliphatic hydroxyl groups is 1. The van der Waals surface area contributed by atoms with Gasteiger partial charge in [0.2, 0.25) is 0 Å². The lowest BCUT2D eigenvalue weighted by Gasteiger charge is -2.22. The number of rotatable bonds is 6. The molecule has 112 valence electrons. The molecule has 0 unspecified atom stereocenters. The predicted octanol–water partition coefficient (Wildman–Crippen LogP) is 2.26. The van der Waals surface area contributed by atoms with Gasteiger partial charge in [0.1, 0.15) is 0 Å². The number of pyridine rings is 1. The van der Waals surface area contributed by atoms with Crippen molar-refractivity contribution in [1.82, 2.24) is 14.9 Å². The summed E-state index contributed by atoms with van der Waals surface area (Å²) in [6, 6.07) is 3.52. The van der Waals surface area contributed by atoms with Crippen molar-refractivity contribution in [2.75, 3.05) is 18.5 Å². The van der Waals surface area contributed by atoms with Gasteiger partial charge in [0.25, 0.3) is 0 Å². The van der Waals surface area contributed by atoms with E-state index in [9.17, 15) is 4.79 Å². The number of aliphatic hydroxyl groups excluding tert-OH is 1. The summed E-state index contributed by atoms with van der Waals surface area (Å²) in [4.78, 5) is 22.2. The Kier molecular flexibility index (Phi) is 5.65. The Morgan fingerprint density at radius 1 is 1.43 bits per heavy atom. The van der Waals surface area contributed by atoms with Gasteiger partial charge in [0.15, 0.2) is 5.13 Å².